The van der Waals surface area contributed by atoms with E-state index in [2.05, 4.69) is 20.2 Å². The van der Waals surface area contributed by atoms with E-state index >= 15 is 0 Å². The van der Waals surface area contributed by atoms with Crippen LogP contribution in [-0.4, -0.2) is 57.3 Å². The molecule has 0 saturated carbocycles. The van der Waals surface area contributed by atoms with Crippen molar-refractivity contribution in [1.29, 1.82) is 0 Å². The lowest BCUT2D eigenvalue weighted by Gasteiger charge is -2.23. The summed E-state index contributed by atoms with van der Waals surface area (Å²) in [6, 6.07) is 1.92. The van der Waals surface area contributed by atoms with Gasteiger partial charge < -0.3 is 9.64 Å². The lowest BCUT2D eigenvalue weighted by molar-refractivity contribution is -0.137. The molecule has 1 N–H and O–H groups in total. The zero-order chi connectivity index (χ0) is 18.0. The van der Waals surface area contributed by atoms with Gasteiger partial charge in [-0.05, 0) is 18.6 Å². The van der Waals surface area contributed by atoms with Gasteiger partial charge in [0.25, 0.3) is 5.91 Å². The number of aromatic nitrogens is 4. The highest BCUT2D eigenvalue weighted by Gasteiger charge is 2.34. The summed E-state index contributed by atoms with van der Waals surface area (Å²) < 4.78 is 43.3. The van der Waals surface area contributed by atoms with Crippen molar-refractivity contribution in [2.24, 2.45) is 0 Å². The van der Waals surface area contributed by atoms with Crippen LogP contribution in [0, 0.1) is 0 Å². The minimum Gasteiger partial charge on any atom is -0.376 e. The molecule has 25 heavy (non-hydrogen) atoms. The molecule has 2 aromatic heterocycles. The van der Waals surface area contributed by atoms with Gasteiger partial charge in [0, 0.05) is 32.3 Å². The summed E-state index contributed by atoms with van der Waals surface area (Å²) in [7, 11) is 1.56. The zero-order valence-corrected chi connectivity index (χ0v) is 13.3. The van der Waals surface area contributed by atoms with Crippen LogP contribution in [0.15, 0.2) is 24.7 Å². The summed E-state index contributed by atoms with van der Waals surface area (Å²) in [6.07, 6.45) is -1.93. The molecule has 1 aliphatic heterocycles. The molecule has 7 nitrogen and oxygen atoms in total. The zero-order valence-electron chi connectivity index (χ0n) is 13.3. The van der Waals surface area contributed by atoms with Crippen molar-refractivity contribution in [2.75, 3.05) is 20.2 Å². The number of pyridine rings is 1. The quantitative estimate of drug-likeness (QED) is 0.905. The Hall–Kier alpha value is -2.49. The summed E-state index contributed by atoms with van der Waals surface area (Å²) in [4.78, 5) is 21.5. The molecule has 1 fully saturated rings. The Labute approximate surface area is 141 Å². The Morgan fingerprint density at radius 2 is 2.20 bits per heavy atom. The van der Waals surface area contributed by atoms with Crippen LogP contribution in [0.2, 0.25) is 0 Å². The molecule has 0 spiro atoms. The van der Waals surface area contributed by atoms with Crippen molar-refractivity contribution in [3.63, 3.8) is 0 Å². The number of halogens is 3. The lowest BCUT2D eigenvalue weighted by atomic mass is 10.0. The number of rotatable bonds is 4. The minimum absolute atomic E-state index is 0.0154. The Morgan fingerprint density at radius 3 is 2.80 bits per heavy atom. The van der Waals surface area contributed by atoms with E-state index in [1.807, 2.05) is 0 Å². The largest absolute Gasteiger partial charge is 0.417 e. The first-order chi connectivity index (χ1) is 11.9. The second-order valence-electron chi connectivity index (χ2n) is 5.79. The topological polar surface area (TPSA) is 84.0 Å². The van der Waals surface area contributed by atoms with Crippen LogP contribution in [0.5, 0.6) is 0 Å². The van der Waals surface area contributed by atoms with Crippen molar-refractivity contribution in [2.45, 2.75) is 24.6 Å². The van der Waals surface area contributed by atoms with Crippen molar-refractivity contribution >= 4 is 5.91 Å². The number of hydrogen-bond acceptors (Lipinski definition) is 5. The second kappa shape index (κ2) is 6.79. The highest BCUT2D eigenvalue weighted by atomic mass is 19.4. The number of nitrogens with one attached hydrogen (secondary N) is 1. The van der Waals surface area contributed by atoms with Gasteiger partial charge >= 0.3 is 6.18 Å². The van der Waals surface area contributed by atoms with Gasteiger partial charge in [0.15, 0.2) is 0 Å². The maximum Gasteiger partial charge on any atom is 0.417 e. The second-order valence-corrected chi connectivity index (χ2v) is 5.79. The molecule has 0 aromatic carbocycles. The molecule has 3 heterocycles. The number of carbonyl (C=O) groups is 1. The van der Waals surface area contributed by atoms with E-state index in [9.17, 15) is 18.0 Å². The van der Waals surface area contributed by atoms with Crippen LogP contribution in [0.3, 0.4) is 0 Å². The predicted octanol–water partition coefficient (Wildman–Crippen LogP) is 1.86. The minimum atomic E-state index is -4.48. The highest BCUT2D eigenvalue weighted by Crippen LogP contribution is 2.30. The number of alkyl halides is 3. The maximum atomic E-state index is 12.6. The molecule has 3 rings (SSSR count). The summed E-state index contributed by atoms with van der Waals surface area (Å²) in [6.45, 7) is 0.809. The Morgan fingerprint density at radius 1 is 1.40 bits per heavy atom. The van der Waals surface area contributed by atoms with E-state index in [0.717, 1.165) is 18.6 Å². The Balaban J connectivity index is 1.66. The predicted molar refractivity (Wildman–Crippen MR) is 79.7 cm³/mol. The van der Waals surface area contributed by atoms with Crippen molar-refractivity contribution < 1.29 is 22.7 Å². The average Bonchev–Trinajstić information content (AvgIpc) is 3.24. The number of likely N-dealkylation sites (N-methyl/N-ethyl adjacent to an activating group) is 1. The van der Waals surface area contributed by atoms with Gasteiger partial charge in [-0.25, -0.2) is 4.98 Å². The molecule has 0 radical (unpaired) electrons. The summed E-state index contributed by atoms with van der Waals surface area (Å²) in [5.74, 6) is 0.204. The summed E-state index contributed by atoms with van der Waals surface area (Å²) in [5.41, 5.74) is -0.944. The van der Waals surface area contributed by atoms with Gasteiger partial charge in [-0.15, -0.1) is 0 Å². The molecular formula is C15H16F3N5O2. The van der Waals surface area contributed by atoms with Crippen molar-refractivity contribution in [3.8, 4) is 0 Å². The van der Waals surface area contributed by atoms with Crippen molar-refractivity contribution in [1.82, 2.24) is 25.1 Å². The first-order valence-electron chi connectivity index (χ1n) is 7.62. The smallest absolute Gasteiger partial charge is 0.376 e. The van der Waals surface area contributed by atoms with Gasteiger partial charge in [-0.3, -0.25) is 14.9 Å². The van der Waals surface area contributed by atoms with Gasteiger partial charge in [0.1, 0.15) is 17.8 Å². The number of nitrogens with zero attached hydrogens (tertiary/aromatic N) is 4. The number of ether oxygens (including phenoxy) is 1. The molecule has 1 saturated heterocycles. The van der Waals surface area contributed by atoms with E-state index in [1.165, 1.54) is 11.2 Å². The van der Waals surface area contributed by atoms with E-state index in [0.29, 0.717) is 18.6 Å². The van der Waals surface area contributed by atoms with E-state index in [4.69, 9.17) is 4.74 Å². The highest BCUT2D eigenvalue weighted by molar-refractivity contribution is 5.92. The molecule has 0 unspecified atom stereocenters. The van der Waals surface area contributed by atoms with E-state index in [-0.39, 0.29) is 24.3 Å². The average molecular weight is 355 g/mol. The van der Waals surface area contributed by atoms with Crippen LogP contribution in [0.4, 0.5) is 13.2 Å². The molecule has 0 bridgehead atoms. The van der Waals surface area contributed by atoms with Crippen LogP contribution >= 0.6 is 0 Å². The third kappa shape index (κ3) is 3.78. The number of aromatic amines is 1. The molecule has 1 amide bonds. The summed E-state index contributed by atoms with van der Waals surface area (Å²) in [5, 5.41) is 6.62. The number of H-pyrrole nitrogens is 1. The number of hydrogen-bond donors (Lipinski definition) is 1. The molecule has 1 aliphatic rings. The number of amides is 1. The number of carbonyl (C=O) groups excluding carboxylic acids is 1. The normalized spacial score (nSPS) is 20.6. The van der Waals surface area contributed by atoms with Gasteiger partial charge in [0.05, 0.1) is 11.7 Å². The van der Waals surface area contributed by atoms with Gasteiger partial charge in [-0.1, -0.05) is 0 Å². The fourth-order valence-corrected chi connectivity index (χ4v) is 2.77. The third-order valence-electron chi connectivity index (χ3n) is 4.10. The third-order valence-corrected chi connectivity index (χ3v) is 4.10. The molecule has 2 aromatic rings. The van der Waals surface area contributed by atoms with E-state index in [1.54, 1.807) is 7.05 Å². The lowest BCUT2D eigenvalue weighted by Crippen LogP contribution is -2.36. The SMILES string of the molecule is CN(C[C@H]1OCC[C@H]1c1ncn[nH]1)C(=O)c1ccc(C(F)(F)F)cn1. The van der Waals surface area contributed by atoms with Crippen LogP contribution in [0.1, 0.15) is 34.2 Å². The first-order valence-corrected chi connectivity index (χ1v) is 7.62. The molecule has 134 valence electrons. The molecular weight excluding hydrogens is 339 g/mol. The van der Waals surface area contributed by atoms with Gasteiger partial charge in [-0.2, -0.15) is 18.3 Å². The Bertz CT molecular complexity index is 718. The van der Waals surface area contributed by atoms with E-state index < -0.39 is 17.6 Å². The van der Waals surface area contributed by atoms with Gasteiger partial charge in [0.2, 0.25) is 0 Å². The summed E-state index contributed by atoms with van der Waals surface area (Å²) >= 11 is 0. The molecule has 2 atom stereocenters. The standard InChI is InChI=1S/C15H16F3N5O2/c1-23(7-12-10(4-5-25-12)13-20-8-21-22-13)14(24)11-3-2-9(6-19-11)15(16,17)18/h2-3,6,8,10,12H,4-5,7H2,1H3,(H,20,21,22)/t10-,12-/m1/s1. The Kier molecular flexibility index (Phi) is 4.71. The fraction of sp³-hybridized carbons (Fsp3) is 0.467. The molecule has 0 aliphatic carbocycles. The maximum absolute atomic E-state index is 12.6. The molecule has 10 heteroatoms. The first kappa shape index (κ1) is 17.3. The van der Waals surface area contributed by atoms with Crippen LogP contribution < -0.4 is 0 Å². The van der Waals surface area contributed by atoms with Crippen molar-refractivity contribution in [3.05, 3.63) is 41.7 Å². The monoisotopic (exact) mass is 355 g/mol. The van der Waals surface area contributed by atoms with Crippen LogP contribution in [-0.2, 0) is 10.9 Å². The fourth-order valence-electron chi connectivity index (χ4n) is 2.77. The van der Waals surface area contributed by atoms with Crippen LogP contribution in [0.25, 0.3) is 0 Å².